The van der Waals surface area contributed by atoms with Crippen LogP contribution in [-0.4, -0.2) is 54.0 Å². The molecule has 112 valence electrons. The highest BCUT2D eigenvalue weighted by Crippen LogP contribution is 2.33. The molecule has 0 saturated heterocycles. The summed E-state index contributed by atoms with van der Waals surface area (Å²) < 4.78 is 5.35. The first-order valence-electron chi connectivity index (χ1n) is 6.40. The summed E-state index contributed by atoms with van der Waals surface area (Å²) in [4.78, 5) is 37.3. The Kier molecular flexibility index (Phi) is 4.11. The number of amides is 2. The quantitative estimate of drug-likeness (QED) is 0.868. The molecule has 7 nitrogen and oxygen atoms in total. The standard InChI is InChI=1S/C14H16N2O5/c1-9(17)15(2)8-13(18)16-7-12(14(19)20)21-11-6-4-3-5-10(11)16/h3-6,12H,7-8H2,1-2H3,(H,19,20). The first-order valence-corrected chi connectivity index (χ1v) is 6.40. The third-order valence-corrected chi connectivity index (χ3v) is 3.26. The zero-order chi connectivity index (χ0) is 15.6. The van der Waals surface area contributed by atoms with Crippen LogP contribution in [0.2, 0.25) is 0 Å². The lowest BCUT2D eigenvalue weighted by Gasteiger charge is -2.33. The molecule has 0 aliphatic carbocycles. The summed E-state index contributed by atoms with van der Waals surface area (Å²) in [7, 11) is 1.52. The molecule has 0 fully saturated rings. The van der Waals surface area contributed by atoms with Gasteiger partial charge in [-0.15, -0.1) is 0 Å². The molecule has 1 unspecified atom stereocenters. The van der Waals surface area contributed by atoms with E-state index in [4.69, 9.17) is 9.84 Å². The number of carbonyl (C=O) groups excluding carboxylic acids is 2. The van der Waals surface area contributed by atoms with Crippen LogP contribution in [0.1, 0.15) is 6.92 Å². The molecular weight excluding hydrogens is 276 g/mol. The van der Waals surface area contributed by atoms with Gasteiger partial charge in [-0.25, -0.2) is 4.79 Å². The molecule has 2 amide bonds. The summed E-state index contributed by atoms with van der Waals surface area (Å²) >= 11 is 0. The molecule has 0 aromatic heterocycles. The van der Waals surface area contributed by atoms with Gasteiger partial charge in [-0.1, -0.05) is 12.1 Å². The average Bonchev–Trinajstić information content (AvgIpc) is 2.45. The van der Waals surface area contributed by atoms with Gasteiger partial charge in [-0.05, 0) is 12.1 Å². The van der Waals surface area contributed by atoms with Crippen molar-refractivity contribution in [2.45, 2.75) is 13.0 Å². The minimum Gasteiger partial charge on any atom is -0.478 e. The molecule has 0 radical (unpaired) electrons. The summed E-state index contributed by atoms with van der Waals surface area (Å²) in [6.45, 7) is 1.16. The van der Waals surface area contributed by atoms with Crippen LogP contribution in [0.4, 0.5) is 5.69 Å². The fourth-order valence-corrected chi connectivity index (χ4v) is 2.00. The number of benzene rings is 1. The first kappa shape index (κ1) is 14.8. The SMILES string of the molecule is CC(=O)N(C)CC(=O)N1CC(C(=O)O)Oc2ccccc21. The van der Waals surface area contributed by atoms with Crippen molar-refractivity contribution >= 4 is 23.5 Å². The number of carbonyl (C=O) groups is 3. The predicted molar refractivity (Wildman–Crippen MR) is 74.2 cm³/mol. The van der Waals surface area contributed by atoms with E-state index in [2.05, 4.69) is 0 Å². The Bertz CT molecular complexity index is 586. The largest absolute Gasteiger partial charge is 0.478 e. The van der Waals surface area contributed by atoms with E-state index in [1.54, 1.807) is 24.3 Å². The Labute approximate surface area is 121 Å². The molecule has 0 saturated carbocycles. The van der Waals surface area contributed by atoms with Gasteiger partial charge in [0, 0.05) is 14.0 Å². The van der Waals surface area contributed by atoms with E-state index < -0.39 is 12.1 Å². The van der Waals surface area contributed by atoms with Crippen molar-refractivity contribution in [3.63, 3.8) is 0 Å². The van der Waals surface area contributed by atoms with Crippen molar-refractivity contribution in [1.82, 2.24) is 4.90 Å². The van der Waals surface area contributed by atoms with Gasteiger partial charge >= 0.3 is 5.97 Å². The lowest BCUT2D eigenvalue weighted by molar-refractivity contribution is -0.145. The number of carboxylic acid groups (broad SMARTS) is 1. The van der Waals surface area contributed by atoms with Crippen LogP contribution in [-0.2, 0) is 14.4 Å². The number of para-hydroxylation sites is 2. The molecule has 1 aliphatic rings. The van der Waals surface area contributed by atoms with Crippen LogP contribution in [0.25, 0.3) is 0 Å². The third kappa shape index (κ3) is 3.13. The van der Waals surface area contributed by atoms with E-state index >= 15 is 0 Å². The molecule has 1 N–H and O–H groups in total. The zero-order valence-corrected chi connectivity index (χ0v) is 11.8. The Morgan fingerprint density at radius 3 is 2.67 bits per heavy atom. The van der Waals surface area contributed by atoms with Crippen molar-refractivity contribution in [3.05, 3.63) is 24.3 Å². The second kappa shape index (κ2) is 5.82. The van der Waals surface area contributed by atoms with Gasteiger partial charge < -0.3 is 19.6 Å². The van der Waals surface area contributed by atoms with E-state index in [-0.39, 0.29) is 24.9 Å². The Morgan fingerprint density at radius 1 is 1.38 bits per heavy atom. The Hall–Kier alpha value is -2.57. The summed E-state index contributed by atoms with van der Waals surface area (Å²) in [6, 6.07) is 6.73. The zero-order valence-electron chi connectivity index (χ0n) is 11.8. The molecule has 7 heteroatoms. The molecule has 0 bridgehead atoms. The predicted octanol–water partition coefficient (Wildman–Crippen LogP) is 0.344. The van der Waals surface area contributed by atoms with E-state index in [1.165, 1.54) is 23.8 Å². The maximum Gasteiger partial charge on any atom is 0.346 e. The number of fused-ring (bicyclic) bond motifs is 1. The lowest BCUT2D eigenvalue weighted by atomic mass is 10.2. The number of ether oxygens (including phenoxy) is 1. The normalized spacial score (nSPS) is 16.7. The van der Waals surface area contributed by atoms with E-state index in [0.29, 0.717) is 11.4 Å². The number of carboxylic acids is 1. The number of rotatable bonds is 3. The maximum atomic E-state index is 12.3. The van der Waals surface area contributed by atoms with Crippen LogP contribution >= 0.6 is 0 Å². The van der Waals surface area contributed by atoms with Crippen molar-refractivity contribution in [1.29, 1.82) is 0 Å². The maximum absolute atomic E-state index is 12.3. The molecule has 21 heavy (non-hydrogen) atoms. The molecule has 1 aliphatic heterocycles. The molecule has 1 heterocycles. The minimum atomic E-state index is -1.14. The summed E-state index contributed by atoms with van der Waals surface area (Å²) in [5, 5.41) is 9.11. The van der Waals surface area contributed by atoms with Crippen molar-refractivity contribution in [2.75, 3.05) is 25.0 Å². The molecule has 1 atom stereocenters. The van der Waals surface area contributed by atoms with E-state index in [0.717, 1.165) is 0 Å². The first-order chi connectivity index (χ1) is 9.90. The Morgan fingerprint density at radius 2 is 2.05 bits per heavy atom. The van der Waals surface area contributed by atoms with Crippen molar-refractivity contribution in [2.24, 2.45) is 0 Å². The fourth-order valence-electron chi connectivity index (χ4n) is 2.00. The number of hydrogen-bond donors (Lipinski definition) is 1. The number of aliphatic carboxylic acids is 1. The highest BCUT2D eigenvalue weighted by Gasteiger charge is 2.33. The topological polar surface area (TPSA) is 87.2 Å². The smallest absolute Gasteiger partial charge is 0.346 e. The molecule has 1 aromatic carbocycles. The third-order valence-electron chi connectivity index (χ3n) is 3.26. The lowest BCUT2D eigenvalue weighted by Crippen LogP contribution is -2.50. The van der Waals surface area contributed by atoms with Gasteiger partial charge in [0.25, 0.3) is 0 Å². The number of nitrogens with zero attached hydrogens (tertiary/aromatic N) is 2. The molecule has 2 rings (SSSR count). The van der Waals surface area contributed by atoms with Gasteiger partial charge in [0.1, 0.15) is 5.75 Å². The Balaban J connectivity index is 2.27. The minimum absolute atomic E-state index is 0.0864. The highest BCUT2D eigenvalue weighted by atomic mass is 16.5. The van der Waals surface area contributed by atoms with Gasteiger partial charge in [0.15, 0.2) is 0 Å². The van der Waals surface area contributed by atoms with Crippen molar-refractivity contribution < 1.29 is 24.2 Å². The summed E-state index contributed by atoms with van der Waals surface area (Å²) in [6.07, 6.45) is -1.12. The van der Waals surface area contributed by atoms with E-state index in [1.807, 2.05) is 0 Å². The monoisotopic (exact) mass is 292 g/mol. The number of hydrogen-bond acceptors (Lipinski definition) is 4. The van der Waals surface area contributed by atoms with Crippen molar-refractivity contribution in [3.8, 4) is 5.75 Å². The summed E-state index contributed by atoms with van der Waals surface area (Å²) in [5.74, 6) is -1.38. The number of likely N-dealkylation sites (N-methyl/N-ethyl adjacent to an activating group) is 1. The highest BCUT2D eigenvalue weighted by molar-refractivity contribution is 5.99. The molecule has 1 aromatic rings. The van der Waals surface area contributed by atoms with Crippen LogP contribution in [0.3, 0.4) is 0 Å². The van der Waals surface area contributed by atoms with E-state index in [9.17, 15) is 14.4 Å². The summed E-state index contributed by atoms with van der Waals surface area (Å²) in [5.41, 5.74) is 0.511. The second-order valence-corrected chi connectivity index (χ2v) is 4.79. The van der Waals surface area contributed by atoms with Gasteiger partial charge in [0.2, 0.25) is 17.9 Å². The van der Waals surface area contributed by atoms with Gasteiger partial charge in [0.05, 0.1) is 18.8 Å². The van der Waals surface area contributed by atoms with Crippen LogP contribution in [0, 0.1) is 0 Å². The van der Waals surface area contributed by atoms with Crippen LogP contribution in [0.5, 0.6) is 5.75 Å². The average molecular weight is 292 g/mol. The van der Waals surface area contributed by atoms with Gasteiger partial charge in [-0.2, -0.15) is 0 Å². The van der Waals surface area contributed by atoms with Crippen LogP contribution in [0.15, 0.2) is 24.3 Å². The molecular formula is C14H16N2O5. The van der Waals surface area contributed by atoms with Crippen LogP contribution < -0.4 is 9.64 Å². The molecule has 0 spiro atoms. The number of anilines is 1. The fraction of sp³-hybridized carbons (Fsp3) is 0.357. The second-order valence-electron chi connectivity index (χ2n) is 4.79. The van der Waals surface area contributed by atoms with Gasteiger partial charge in [-0.3, -0.25) is 9.59 Å².